The van der Waals surface area contributed by atoms with Crippen LogP contribution in [0.5, 0.6) is 0 Å². The van der Waals surface area contributed by atoms with Crippen LogP contribution in [0.1, 0.15) is 41.7 Å². The number of hydrogen-bond acceptors (Lipinski definition) is 3. The quantitative estimate of drug-likeness (QED) is 0.836. The van der Waals surface area contributed by atoms with Crippen LogP contribution in [0.15, 0.2) is 12.3 Å². The van der Waals surface area contributed by atoms with Crippen molar-refractivity contribution in [2.75, 3.05) is 5.73 Å². The van der Waals surface area contributed by atoms with E-state index in [9.17, 15) is 4.79 Å². The van der Waals surface area contributed by atoms with Crippen molar-refractivity contribution in [3.05, 3.63) is 23.5 Å². The third kappa shape index (κ3) is 1.96. The highest BCUT2D eigenvalue weighted by Gasteiger charge is 2.40. The number of nitrogens with two attached hydrogens (primary N) is 1. The number of nitrogens with zero attached hydrogens (tertiary/aromatic N) is 1. The Labute approximate surface area is 107 Å². The zero-order valence-corrected chi connectivity index (χ0v) is 10.6. The second kappa shape index (κ2) is 4.26. The first-order valence-electron chi connectivity index (χ1n) is 6.66. The lowest BCUT2D eigenvalue weighted by atomic mass is 9.95. The molecule has 3 atom stereocenters. The van der Waals surface area contributed by atoms with Gasteiger partial charge in [0.05, 0.1) is 23.1 Å². The molecular weight excluding hydrogens is 226 g/mol. The van der Waals surface area contributed by atoms with Crippen molar-refractivity contribution in [1.29, 1.82) is 0 Å². The van der Waals surface area contributed by atoms with Crippen molar-refractivity contribution in [2.24, 2.45) is 11.8 Å². The fourth-order valence-corrected chi connectivity index (χ4v) is 3.45. The maximum atomic E-state index is 12.2. The van der Waals surface area contributed by atoms with Gasteiger partial charge in [-0.1, -0.05) is 6.42 Å². The molecule has 3 N–H and O–H groups in total. The van der Waals surface area contributed by atoms with Gasteiger partial charge in [0.1, 0.15) is 0 Å². The minimum atomic E-state index is -0.0233. The van der Waals surface area contributed by atoms with Gasteiger partial charge in [-0.3, -0.25) is 9.78 Å². The molecule has 4 nitrogen and oxygen atoms in total. The minimum absolute atomic E-state index is 0.0233. The highest BCUT2D eigenvalue weighted by Crippen LogP contribution is 2.44. The Morgan fingerprint density at radius 1 is 1.44 bits per heavy atom. The molecule has 1 aromatic rings. The summed E-state index contributed by atoms with van der Waals surface area (Å²) >= 11 is 0. The Morgan fingerprint density at radius 2 is 2.28 bits per heavy atom. The number of nitrogens with one attached hydrogen (secondary N) is 1. The summed E-state index contributed by atoms with van der Waals surface area (Å²) in [6.45, 7) is 1.84. The van der Waals surface area contributed by atoms with Gasteiger partial charge in [-0.15, -0.1) is 0 Å². The molecule has 0 radical (unpaired) electrons. The van der Waals surface area contributed by atoms with Gasteiger partial charge >= 0.3 is 0 Å². The first kappa shape index (κ1) is 11.5. The molecule has 2 aliphatic rings. The van der Waals surface area contributed by atoms with E-state index in [1.165, 1.54) is 19.3 Å². The first-order valence-corrected chi connectivity index (χ1v) is 6.66. The number of carbonyl (C=O) groups excluding carboxylic acids is 1. The SMILES string of the molecule is Cc1ncc(N)cc1C(=O)NC1CC2CCC1C2. The molecule has 2 saturated carbocycles. The van der Waals surface area contributed by atoms with Gasteiger partial charge in [-0.2, -0.15) is 0 Å². The fraction of sp³-hybridized carbons (Fsp3) is 0.571. The Balaban J connectivity index is 1.73. The van der Waals surface area contributed by atoms with Crippen LogP contribution in [-0.4, -0.2) is 16.9 Å². The van der Waals surface area contributed by atoms with Crippen molar-refractivity contribution < 1.29 is 4.79 Å². The molecular formula is C14H19N3O. The number of carbonyl (C=O) groups is 1. The van der Waals surface area contributed by atoms with Crippen LogP contribution in [0.2, 0.25) is 0 Å². The molecule has 18 heavy (non-hydrogen) atoms. The van der Waals surface area contributed by atoms with E-state index in [4.69, 9.17) is 5.73 Å². The van der Waals surface area contributed by atoms with Crippen LogP contribution in [0, 0.1) is 18.8 Å². The first-order chi connectivity index (χ1) is 8.63. The van der Waals surface area contributed by atoms with E-state index in [-0.39, 0.29) is 5.91 Å². The third-order valence-corrected chi connectivity index (χ3v) is 4.41. The van der Waals surface area contributed by atoms with Gasteiger partial charge in [-0.05, 0) is 44.1 Å². The number of amides is 1. The maximum Gasteiger partial charge on any atom is 0.253 e. The molecule has 0 aliphatic heterocycles. The number of nitrogen functional groups attached to an aromatic ring is 1. The standard InChI is InChI=1S/C14H19N3O/c1-8-12(6-11(15)7-16-8)14(18)17-13-5-9-2-3-10(13)4-9/h6-7,9-10,13H,2-5,15H2,1H3,(H,17,18). The zero-order valence-electron chi connectivity index (χ0n) is 10.6. The molecule has 1 aromatic heterocycles. The van der Waals surface area contributed by atoms with Gasteiger partial charge < -0.3 is 11.1 Å². The summed E-state index contributed by atoms with van der Waals surface area (Å²) in [6, 6.07) is 2.07. The van der Waals surface area contributed by atoms with Crippen LogP contribution in [-0.2, 0) is 0 Å². The monoisotopic (exact) mass is 245 g/mol. The summed E-state index contributed by atoms with van der Waals surface area (Å²) in [5.74, 6) is 1.50. The lowest BCUT2D eigenvalue weighted by molar-refractivity contribution is 0.0922. The molecule has 96 valence electrons. The van der Waals surface area contributed by atoms with E-state index < -0.39 is 0 Å². The zero-order chi connectivity index (χ0) is 12.7. The predicted molar refractivity (Wildman–Crippen MR) is 70.1 cm³/mol. The number of anilines is 1. The van der Waals surface area contributed by atoms with Crippen LogP contribution in [0.3, 0.4) is 0 Å². The minimum Gasteiger partial charge on any atom is -0.397 e. The predicted octanol–water partition coefficient (Wildman–Crippen LogP) is 1.89. The Kier molecular flexibility index (Phi) is 2.73. The molecule has 2 aliphatic carbocycles. The van der Waals surface area contributed by atoms with Crippen molar-refractivity contribution in [3.8, 4) is 0 Å². The van der Waals surface area contributed by atoms with Gasteiger partial charge in [0, 0.05) is 6.04 Å². The average molecular weight is 245 g/mol. The molecule has 3 rings (SSSR count). The van der Waals surface area contributed by atoms with Crippen molar-refractivity contribution >= 4 is 11.6 Å². The average Bonchev–Trinajstić information content (AvgIpc) is 2.94. The van der Waals surface area contributed by atoms with E-state index in [1.807, 2.05) is 6.92 Å². The molecule has 3 unspecified atom stereocenters. The van der Waals surface area contributed by atoms with Gasteiger partial charge in [-0.25, -0.2) is 0 Å². The summed E-state index contributed by atoms with van der Waals surface area (Å²) in [5, 5.41) is 3.16. The van der Waals surface area contributed by atoms with Gasteiger partial charge in [0.2, 0.25) is 0 Å². The summed E-state index contributed by atoms with van der Waals surface area (Å²) in [4.78, 5) is 16.4. The van der Waals surface area contributed by atoms with E-state index in [2.05, 4.69) is 10.3 Å². The molecule has 1 heterocycles. The molecule has 0 aromatic carbocycles. The number of pyridine rings is 1. The highest BCUT2D eigenvalue weighted by molar-refractivity contribution is 5.96. The second-order valence-corrected chi connectivity index (χ2v) is 5.66. The molecule has 2 fully saturated rings. The maximum absolute atomic E-state index is 12.2. The molecule has 0 spiro atoms. The van der Waals surface area contributed by atoms with Crippen LogP contribution < -0.4 is 11.1 Å². The van der Waals surface area contributed by atoms with E-state index >= 15 is 0 Å². The van der Waals surface area contributed by atoms with Crippen molar-refractivity contribution in [3.63, 3.8) is 0 Å². The van der Waals surface area contributed by atoms with Gasteiger partial charge in [0.25, 0.3) is 5.91 Å². The van der Waals surface area contributed by atoms with Gasteiger partial charge in [0.15, 0.2) is 0 Å². The van der Waals surface area contributed by atoms with Crippen LogP contribution >= 0.6 is 0 Å². The Hall–Kier alpha value is -1.58. The van der Waals surface area contributed by atoms with Crippen LogP contribution in [0.25, 0.3) is 0 Å². The van der Waals surface area contributed by atoms with E-state index in [0.29, 0.717) is 23.2 Å². The number of fused-ring (bicyclic) bond motifs is 2. The summed E-state index contributed by atoms with van der Waals surface area (Å²) in [6.07, 6.45) is 6.63. The molecule has 2 bridgehead atoms. The number of aryl methyl sites for hydroxylation is 1. The molecule has 0 saturated heterocycles. The topological polar surface area (TPSA) is 68.0 Å². The van der Waals surface area contributed by atoms with Crippen molar-refractivity contribution in [2.45, 2.75) is 38.6 Å². The fourth-order valence-electron chi connectivity index (χ4n) is 3.45. The largest absolute Gasteiger partial charge is 0.397 e. The van der Waals surface area contributed by atoms with E-state index in [1.54, 1.807) is 12.3 Å². The molecule has 4 heteroatoms. The highest BCUT2D eigenvalue weighted by atomic mass is 16.1. The second-order valence-electron chi connectivity index (χ2n) is 5.66. The Morgan fingerprint density at radius 3 is 2.94 bits per heavy atom. The molecule has 1 amide bonds. The smallest absolute Gasteiger partial charge is 0.253 e. The number of aromatic nitrogens is 1. The van der Waals surface area contributed by atoms with Crippen molar-refractivity contribution in [1.82, 2.24) is 10.3 Å². The summed E-state index contributed by atoms with van der Waals surface area (Å²) in [7, 11) is 0. The third-order valence-electron chi connectivity index (χ3n) is 4.41. The normalized spacial score (nSPS) is 29.5. The number of rotatable bonds is 2. The summed E-state index contributed by atoms with van der Waals surface area (Å²) < 4.78 is 0. The van der Waals surface area contributed by atoms with Crippen LogP contribution in [0.4, 0.5) is 5.69 Å². The van der Waals surface area contributed by atoms with E-state index in [0.717, 1.165) is 18.0 Å². The Bertz CT molecular complexity index is 486. The summed E-state index contributed by atoms with van der Waals surface area (Å²) in [5.41, 5.74) is 7.58. The number of hydrogen-bond donors (Lipinski definition) is 2. The lowest BCUT2D eigenvalue weighted by Gasteiger charge is -2.23. The lowest BCUT2D eigenvalue weighted by Crippen LogP contribution is -2.38.